The van der Waals surface area contributed by atoms with E-state index in [0.29, 0.717) is 12.1 Å². The molecule has 0 aliphatic rings. The van der Waals surface area contributed by atoms with Crippen LogP contribution in [0.1, 0.15) is 11.1 Å². The van der Waals surface area contributed by atoms with E-state index in [1.54, 1.807) is 13.0 Å². The summed E-state index contributed by atoms with van der Waals surface area (Å²) in [5.41, 5.74) is -0.0355. The maximum atomic E-state index is 13.7. The Bertz CT molecular complexity index is 770. The summed E-state index contributed by atoms with van der Waals surface area (Å²) in [6.45, 7) is 1.76. The molecule has 7 heteroatoms. The molecule has 0 spiro atoms. The monoisotopic (exact) mass is 290 g/mol. The third kappa shape index (κ3) is 2.95. The van der Waals surface area contributed by atoms with E-state index >= 15 is 0 Å². The molecule has 5 nitrogen and oxygen atoms in total. The Balaban J connectivity index is 2.44. The molecule has 0 saturated heterocycles. The molecule has 0 heterocycles. The molecule has 0 aliphatic carbocycles. The van der Waals surface area contributed by atoms with Gasteiger partial charge in [0.05, 0.1) is 16.6 Å². The topological polar surface area (TPSA) is 76.2 Å². The van der Waals surface area contributed by atoms with Crippen molar-refractivity contribution in [3.63, 3.8) is 0 Å². The molecule has 0 unspecified atom stereocenters. The quantitative estimate of drug-likeness (QED) is 0.635. The molecule has 2 aromatic carbocycles. The van der Waals surface area contributed by atoms with Gasteiger partial charge in [-0.05, 0) is 24.6 Å². The van der Waals surface area contributed by atoms with E-state index in [4.69, 9.17) is 10.00 Å². The Hall–Kier alpha value is -3.01. The van der Waals surface area contributed by atoms with E-state index in [1.807, 2.05) is 6.07 Å². The van der Waals surface area contributed by atoms with Crippen molar-refractivity contribution < 1.29 is 18.4 Å². The lowest BCUT2D eigenvalue weighted by Gasteiger charge is -2.09. The molecular formula is C14H8F2N2O3. The second kappa shape index (κ2) is 5.54. The smallest absolute Gasteiger partial charge is 0.307 e. The van der Waals surface area contributed by atoms with Gasteiger partial charge in [-0.25, -0.2) is 4.39 Å². The number of nitro benzene ring substituents is 1. The van der Waals surface area contributed by atoms with Crippen LogP contribution in [0.5, 0.6) is 11.5 Å². The van der Waals surface area contributed by atoms with E-state index in [9.17, 15) is 18.9 Å². The number of rotatable bonds is 3. The Morgan fingerprint density at radius 1 is 1.19 bits per heavy atom. The van der Waals surface area contributed by atoms with E-state index in [2.05, 4.69) is 0 Å². The van der Waals surface area contributed by atoms with Gasteiger partial charge in [-0.1, -0.05) is 6.07 Å². The SMILES string of the molecule is Cc1ccc(Oc2cc(F)c([N+](=O)[O-])cc2F)c(C#N)c1. The van der Waals surface area contributed by atoms with E-state index in [-0.39, 0.29) is 11.3 Å². The number of benzene rings is 2. The molecule has 21 heavy (non-hydrogen) atoms. The summed E-state index contributed by atoms with van der Waals surface area (Å²) in [6, 6.07) is 7.48. The number of hydrogen-bond acceptors (Lipinski definition) is 4. The third-order valence-corrected chi connectivity index (χ3v) is 2.67. The first kappa shape index (κ1) is 14.4. The second-order valence-corrected chi connectivity index (χ2v) is 4.20. The van der Waals surface area contributed by atoms with Gasteiger partial charge in [0.2, 0.25) is 5.82 Å². The van der Waals surface area contributed by atoms with Gasteiger partial charge < -0.3 is 4.74 Å². The standard InChI is InChI=1S/C14H8F2N2O3/c1-8-2-3-13(9(4-8)7-17)21-14-6-10(15)12(18(19)20)5-11(14)16/h2-6H,1H3. The molecule has 0 bridgehead atoms. The molecule has 0 aromatic heterocycles. The van der Waals surface area contributed by atoms with Crippen molar-refractivity contribution in [1.82, 2.24) is 0 Å². The van der Waals surface area contributed by atoms with Gasteiger partial charge >= 0.3 is 5.69 Å². The molecule has 2 aromatic rings. The van der Waals surface area contributed by atoms with E-state index in [0.717, 1.165) is 5.56 Å². The first-order valence-electron chi connectivity index (χ1n) is 5.74. The zero-order valence-electron chi connectivity index (χ0n) is 10.8. The van der Waals surface area contributed by atoms with Gasteiger partial charge in [0.15, 0.2) is 11.6 Å². The first-order chi connectivity index (χ1) is 9.92. The van der Waals surface area contributed by atoms with Crippen molar-refractivity contribution in [1.29, 1.82) is 5.26 Å². The van der Waals surface area contributed by atoms with Gasteiger partial charge in [0.25, 0.3) is 0 Å². The van der Waals surface area contributed by atoms with Gasteiger partial charge in [-0.15, -0.1) is 0 Å². The number of ether oxygens (including phenoxy) is 1. The fraction of sp³-hybridized carbons (Fsp3) is 0.0714. The molecule has 2 rings (SSSR count). The number of hydrogen-bond donors (Lipinski definition) is 0. The summed E-state index contributed by atoms with van der Waals surface area (Å²) in [5, 5.41) is 19.5. The fourth-order valence-electron chi connectivity index (χ4n) is 1.67. The van der Waals surface area contributed by atoms with Crippen LogP contribution in [-0.2, 0) is 0 Å². The predicted molar refractivity (Wildman–Crippen MR) is 69.0 cm³/mol. The highest BCUT2D eigenvalue weighted by atomic mass is 19.1. The summed E-state index contributed by atoms with van der Waals surface area (Å²) in [6.07, 6.45) is 0. The van der Waals surface area contributed by atoms with Crippen LogP contribution >= 0.6 is 0 Å². The van der Waals surface area contributed by atoms with Gasteiger partial charge in [-0.3, -0.25) is 10.1 Å². The van der Waals surface area contributed by atoms with Crippen molar-refractivity contribution in [2.24, 2.45) is 0 Å². The minimum atomic E-state index is -1.22. The summed E-state index contributed by atoms with van der Waals surface area (Å²) in [5.74, 6) is -2.80. The lowest BCUT2D eigenvalue weighted by Crippen LogP contribution is -1.97. The van der Waals surface area contributed by atoms with Crippen molar-refractivity contribution in [2.75, 3.05) is 0 Å². The zero-order valence-corrected chi connectivity index (χ0v) is 10.8. The molecule has 0 radical (unpaired) electrons. The van der Waals surface area contributed by atoms with Gasteiger partial charge in [-0.2, -0.15) is 9.65 Å². The van der Waals surface area contributed by atoms with Crippen molar-refractivity contribution in [3.8, 4) is 17.6 Å². The van der Waals surface area contributed by atoms with Crippen molar-refractivity contribution in [3.05, 3.63) is 63.2 Å². The van der Waals surface area contributed by atoms with Crippen LogP contribution in [0.3, 0.4) is 0 Å². The summed E-state index contributed by atoms with van der Waals surface area (Å²) >= 11 is 0. The molecule has 106 valence electrons. The Morgan fingerprint density at radius 3 is 2.52 bits per heavy atom. The molecule has 0 fully saturated rings. The maximum Gasteiger partial charge on any atom is 0.307 e. The summed E-state index contributed by atoms with van der Waals surface area (Å²) < 4.78 is 32.3. The average Bonchev–Trinajstić information content (AvgIpc) is 2.43. The van der Waals surface area contributed by atoms with Crippen molar-refractivity contribution in [2.45, 2.75) is 6.92 Å². The number of nitrogens with zero attached hydrogens (tertiary/aromatic N) is 2. The largest absolute Gasteiger partial charge is 0.453 e. The Labute approximate surface area is 118 Å². The lowest BCUT2D eigenvalue weighted by molar-refractivity contribution is -0.387. The van der Waals surface area contributed by atoms with Gasteiger partial charge in [0.1, 0.15) is 11.8 Å². The van der Waals surface area contributed by atoms with Crippen LogP contribution in [0.15, 0.2) is 30.3 Å². The normalized spacial score (nSPS) is 10.0. The summed E-state index contributed by atoms with van der Waals surface area (Å²) in [4.78, 5) is 9.46. The Morgan fingerprint density at radius 2 is 1.90 bits per heavy atom. The van der Waals surface area contributed by atoms with Crippen molar-refractivity contribution >= 4 is 5.69 Å². The number of aryl methyl sites for hydroxylation is 1. The molecule has 0 saturated carbocycles. The van der Waals surface area contributed by atoms with E-state index in [1.165, 1.54) is 12.1 Å². The minimum absolute atomic E-state index is 0.0373. The fourth-order valence-corrected chi connectivity index (χ4v) is 1.67. The minimum Gasteiger partial charge on any atom is -0.453 e. The molecule has 0 atom stereocenters. The van der Waals surface area contributed by atoms with Crippen LogP contribution in [0.2, 0.25) is 0 Å². The zero-order chi connectivity index (χ0) is 15.6. The third-order valence-electron chi connectivity index (χ3n) is 2.67. The lowest BCUT2D eigenvalue weighted by atomic mass is 10.1. The average molecular weight is 290 g/mol. The molecule has 0 amide bonds. The highest BCUT2D eigenvalue weighted by Crippen LogP contribution is 2.31. The molecule has 0 aliphatic heterocycles. The van der Waals surface area contributed by atoms with Crippen LogP contribution in [0, 0.1) is 40.0 Å². The predicted octanol–water partition coefficient (Wildman–Crippen LogP) is 3.85. The summed E-state index contributed by atoms with van der Waals surface area (Å²) in [7, 11) is 0. The Kier molecular flexibility index (Phi) is 3.80. The number of halogens is 2. The maximum absolute atomic E-state index is 13.7. The number of nitriles is 1. The van der Waals surface area contributed by atoms with Crippen LogP contribution < -0.4 is 4.74 Å². The highest BCUT2D eigenvalue weighted by molar-refractivity contribution is 5.48. The highest BCUT2D eigenvalue weighted by Gasteiger charge is 2.20. The number of nitro groups is 1. The van der Waals surface area contributed by atoms with E-state index < -0.39 is 28.0 Å². The van der Waals surface area contributed by atoms with Crippen LogP contribution in [-0.4, -0.2) is 4.92 Å². The van der Waals surface area contributed by atoms with Gasteiger partial charge in [0, 0.05) is 6.07 Å². The van der Waals surface area contributed by atoms with Crippen LogP contribution in [0.25, 0.3) is 0 Å². The second-order valence-electron chi connectivity index (χ2n) is 4.20. The first-order valence-corrected chi connectivity index (χ1v) is 5.74. The molecular weight excluding hydrogens is 282 g/mol. The van der Waals surface area contributed by atoms with Crippen LogP contribution in [0.4, 0.5) is 14.5 Å². The molecule has 0 N–H and O–H groups in total.